The van der Waals surface area contributed by atoms with Gasteiger partial charge in [-0.25, -0.2) is 0 Å². The van der Waals surface area contributed by atoms with E-state index in [0.29, 0.717) is 6.61 Å². The van der Waals surface area contributed by atoms with Crippen LogP contribution in [0.3, 0.4) is 0 Å². The van der Waals surface area contributed by atoms with Gasteiger partial charge in [-0.05, 0) is 32.1 Å². The summed E-state index contributed by atoms with van der Waals surface area (Å²) in [5.41, 5.74) is 0. The van der Waals surface area contributed by atoms with Crippen LogP contribution in [0.25, 0.3) is 0 Å². The van der Waals surface area contributed by atoms with Crippen molar-refractivity contribution in [2.45, 2.75) is 78.1 Å². The van der Waals surface area contributed by atoms with Crippen molar-refractivity contribution in [2.24, 2.45) is 0 Å². The highest BCUT2D eigenvalue weighted by molar-refractivity contribution is 5.62. The second-order valence-corrected chi connectivity index (χ2v) is 4.77. The summed E-state index contributed by atoms with van der Waals surface area (Å²) in [6, 6.07) is 0. The summed E-state index contributed by atoms with van der Waals surface area (Å²) in [5, 5.41) is 16.0. The lowest BCUT2D eigenvalue weighted by Gasteiger charge is -1.97. The quantitative estimate of drug-likeness (QED) is 0.428. The molecule has 0 fully saturated rings. The molecule has 19 heavy (non-hydrogen) atoms. The van der Waals surface area contributed by atoms with Gasteiger partial charge < -0.3 is 10.2 Å². The molecule has 0 heterocycles. The fraction of sp³-hybridized carbons (Fsp3) is 0.812. The maximum atomic E-state index is 9.00. The van der Waals surface area contributed by atoms with Crippen molar-refractivity contribution in [3.8, 4) is 0 Å². The zero-order valence-electron chi connectivity index (χ0n) is 12.7. The molecule has 0 saturated heterocycles. The number of carbonyl (C=O) groups is 1. The molecule has 0 aromatic heterocycles. The monoisotopic (exact) mass is 272 g/mol. The second-order valence-electron chi connectivity index (χ2n) is 4.77. The highest BCUT2D eigenvalue weighted by Crippen LogP contribution is 2.07. The molecule has 0 aromatic carbocycles. The molecule has 0 aliphatic heterocycles. The molecule has 3 heteroatoms. The number of allylic oxidation sites excluding steroid dienone is 2. The highest BCUT2D eigenvalue weighted by Gasteiger charge is 1.88. The summed E-state index contributed by atoms with van der Waals surface area (Å²) >= 11 is 0. The van der Waals surface area contributed by atoms with Gasteiger partial charge in [-0.3, -0.25) is 4.79 Å². The van der Waals surface area contributed by atoms with Gasteiger partial charge in [0.25, 0.3) is 5.97 Å². The number of unbranched alkanes of at least 4 members (excludes halogenated alkanes) is 8. The number of hydrogen-bond donors (Lipinski definition) is 2. The van der Waals surface area contributed by atoms with Crippen LogP contribution in [-0.4, -0.2) is 22.8 Å². The Bertz CT molecular complexity index is 196. The van der Waals surface area contributed by atoms with Crippen molar-refractivity contribution >= 4 is 5.97 Å². The molecule has 0 bridgehead atoms. The minimum atomic E-state index is -0.833. The average Bonchev–Trinajstić information content (AvgIpc) is 2.35. The van der Waals surface area contributed by atoms with E-state index in [1.165, 1.54) is 44.9 Å². The summed E-state index contributed by atoms with van der Waals surface area (Å²) in [6.45, 7) is 3.68. The van der Waals surface area contributed by atoms with Crippen molar-refractivity contribution in [1.82, 2.24) is 0 Å². The summed E-state index contributed by atoms with van der Waals surface area (Å²) in [5.74, 6) is -0.833. The van der Waals surface area contributed by atoms with Crippen LogP contribution in [0, 0.1) is 0 Å². The fourth-order valence-electron chi connectivity index (χ4n) is 1.65. The van der Waals surface area contributed by atoms with Gasteiger partial charge in [-0.2, -0.15) is 0 Å². The zero-order chi connectivity index (χ0) is 14.8. The van der Waals surface area contributed by atoms with Gasteiger partial charge in [-0.1, -0.05) is 51.2 Å². The predicted molar refractivity (Wildman–Crippen MR) is 81.4 cm³/mol. The number of hydrogen-bond acceptors (Lipinski definition) is 2. The van der Waals surface area contributed by atoms with E-state index in [-0.39, 0.29) is 0 Å². The third-order valence-corrected chi connectivity index (χ3v) is 2.67. The Balaban J connectivity index is 0. The topological polar surface area (TPSA) is 57.5 Å². The Morgan fingerprint density at radius 1 is 0.895 bits per heavy atom. The minimum Gasteiger partial charge on any atom is -0.481 e. The van der Waals surface area contributed by atoms with Crippen molar-refractivity contribution in [3.05, 3.63) is 12.2 Å². The maximum absolute atomic E-state index is 9.00. The van der Waals surface area contributed by atoms with Gasteiger partial charge in [0.1, 0.15) is 0 Å². The molecule has 0 unspecified atom stereocenters. The Kier molecular flexibility index (Phi) is 21.0. The Morgan fingerprint density at radius 3 is 1.79 bits per heavy atom. The summed E-state index contributed by atoms with van der Waals surface area (Å²) in [6.07, 6.45) is 17.3. The van der Waals surface area contributed by atoms with Gasteiger partial charge >= 0.3 is 0 Å². The van der Waals surface area contributed by atoms with Gasteiger partial charge in [-0.15, -0.1) is 0 Å². The van der Waals surface area contributed by atoms with Crippen molar-refractivity contribution in [1.29, 1.82) is 0 Å². The Morgan fingerprint density at radius 2 is 1.32 bits per heavy atom. The molecule has 2 N–H and O–H groups in total. The predicted octanol–water partition coefficient (Wildman–Crippen LogP) is 4.55. The van der Waals surface area contributed by atoms with Crippen LogP contribution in [0.2, 0.25) is 0 Å². The van der Waals surface area contributed by atoms with E-state index in [1.54, 1.807) is 0 Å². The number of aliphatic hydroxyl groups is 1. The summed E-state index contributed by atoms with van der Waals surface area (Å²) in [4.78, 5) is 9.00. The van der Waals surface area contributed by atoms with E-state index in [0.717, 1.165) is 26.2 Å². The molecule has 0 atom stereocenters. The zero-order valence-corrected chi connectivity index (χ0v) is 12.7. The van der Waals surface area contributed by atoms with Crippen LogP contribution < -0.4 is 0 Å². The summed E-state index contributed by atoms with van der Waals surface area (Å²) < 4.78 is 0. The van der Waals surface area contributed by atoms with E-state index in [9.17, 15) is 0 Å². The first kappa shape index (κ1) is 20.5. The highest BCUT2D eigenvalue weighted by atomic mass is 16.4. The summed E-state index contributed by atoms with van der Waals surface area (Å²) in [7, 11) is 0. The van der Waals surface area contributed by atoms with Crippen LogP contribution in [0.15, 0.2) is 12.2 Å². The largest absolute Gasteiger partial charge is 0.481 e. The number of carboxylic acid groups (broad SMARTS) is 1. The smallest absolute Gasteiger partial charge is 0.300 e. The molecule has 0 rings (SSSR count). The number of aliphatic carboxylic acids is 1. The molecule has 0 radical (unpaired) electrons. The standard InChI is InChI=1S/C14H28O.C2H4O2/c1-2-3-4-5-6-7-8-9-10-11-12-13-14-15;1-2(3)4/h9-10,15H,2-8,11-14H2,1H3;1H3,(H,3,4)/b10-9-;. The molecular formula is C16H32O3. The fourth-order valence-corrected chi connectivity index (χ4v) is 1.65. The molecule has 0 aliphatic rings. The minimum absolute atomic E-state index is 0.339. The van der Waals surface area contributed by atoms with E-state index in [2.05, 4.69) is 19.1 Å². The third kappa shape index (κ3) is 31.7. The first-order valence-corrected chi connectivity index (χ1v) is 7.60. The maximum Gasteiger partial charge on any atom is 0.300 e. The van der Waals surface area contributed by atoms with Crippen LogP contribution in [0.4, 0.5) is 0 Å². The number of aliphatic hydroxyl groups excluding tert-OH is 1. The molecule has 0 spiro atoms. The number of rotatable bonds is 11. The molecule has 114 valence electrons. The van der Waals surface area contributed by atoms with E-state index in [4.69, 9.17) is 15.0 Å². The van der Waals surface area contributed by atoms with Crippen molar-refractivity contribution in [3.63, 3.8) is 0 Å². The average molecular weight is 272 g/mol. The SMILES string of the molecule is CC(=O)O.CCCCCCCC/C=C\CCCCO. The third-order valence-electron chi connectivity index (χ3n) is 2.67. The van der Waals surface area contributed by atoms with Crippen LogP contribution in [0.5, 0.6) is 0 Å². The van der Waals surface area contributed by atoms with Crippen LogP contribution >= 0.6 is 0 Å². The normalized spacial score (nSPS) is 10.3. The molecule has 0 aromatic rings. The lowest BCUT2D eigenvalue weighted by molar-refractivity contribution is -0.134. The van der Waals surface area contributed by atoms with E-state index >= 15 is 0 Å². The van der Waals surface area contributed by atoms with Crippen molar-refractivity contribution < 1.29 is 15.0 Å². The van der Waals surface area contributed by atoms with Gasteiger partial charge in [0.05, 0.1) is 0 Å². The van der Waals surface area contributed by atoms with Crippen LogP contribution in [0.1, 0.15) is 78.1 Å². The second kappa shape index (κ2) is 19.5. The first-order valence-electron chi connectivity index (χ1n) is 7.60. The number of carboxylic acids is 1. The van der Waals surface area contributed by atoms with E-state index < -0.39 is 5.97 Å². The Labute approximate surface area is 118 Å². The molecule has 0 aliphatic carbocycles. The van der Waals surface area contributed by atoms with Gasteiger partial charge in [0.15, 0.2) is 0 Å². The lowest BCUT2D eigenvalue weighted by Crippen LogP contribution is -1.80. The molecular weight excluding hydrogens is 240 g/mol. The van der Waals surface area contributed by atoms with Crippen LogP contribution in [-0.2, 0) is 4.79 Å². The van der Waals surface area contributed by atoms with Gasteiger partial charge in [0.2, 0.25) is 0 Å². The first-order chi connectivity index (χ1) is 9.15. The molecule has 0 saturated carbocycles. The Hall–Kier alpha value is -0.830. The van der Waals surface area contributed by atoms with E-state index in [1.807, 2.05) is 0 Å². The molecule has 3 nitrogen and oxygen atoms in total. The van der Waals surface area contributed by atoms with Crippen molar-refractivity contribution in [2.75, 3.05) is 6.61 Å². The van der Waals surface area contributed by atoms with Gasteiger partial charge in [0, 0.05) is 13.5 Å². The molecule has 0 amide bonds. The lowest BCUT2D eigenvalue weighted by atomic mass is 10.1.